The average Bonchev–Trinajstić information content (AvgIpc) is 2.45. The van der Waals surface area contributed by atoms with E-state index in [-0.39, 0.29) is 0 Å². The van der Waals surface area contributed by atoms with Gasteiger partial charge in [-0.25, -0.2) is 9.59 Å². The van der Waals surface area contributed by atoms with Crippen LogP contribution < -0.4 is 20.1 Å². The number of hydrogen-bond donors (Lipinski definition) is 2. The Hall–Kier alpha value is -2.44. The fourth-order valence-electron chi connectivity index (χ4n) is 1.48. The number of methoxy groups -OCH3 is 3. The molecule has 1 atom stereocenters. The van der Waals surface area contributed by atoms with Crippen LogP contribution in [-0.4, -0.2) is 39.4 Å². The monoisotopic (exact) mass is 282 g/mol. The van der Waals surface area contributed by atoms with Gasteiger partial charge in [-0.15, -0.1) is 0 Å². The number of hydrogen-bond acceptors (Lipinski definition) is 5. The molecule has 2 N–H and O–H groups in total. The van der Waals surface area contributed by atoms with Crippen molar-refractivity contribution in [2.45, 2.75) is 13.0 Å². The minimum absolute atomic E-state index is 0.482. The molecule has 2 amide bonds. The van der Waals surface area contributed by atoms with Gasteiger partial charge in [0, 0.05) is 23.9 Å². The molecule has 0 aliphatic rings. The maximum absolute atomic E-state index is 11.7. The van der Waals surface area contributed by atoms with Crippen LogP contribution in [0.5, 0.6) is 11.5 Å². The van der Waals surface area contributed by atoms with Crippen LogP contribution in [0.1, 0.15) is 6.92 Å². The molecule has 110 valence electrons. The van der Waals surface area contributed by atoms with Crippen LogP contribution in [-0.2, 0) is 9.53 Å². The minimum Gasteiger partial charge on any atom is -0.497 e. The molecular weight excluding hydrogens is 264 g/mol. The molecule has 0 saturated heterocycles. The predicted octanol–water partition coefficient (Wildman–Crippen LogP) is 1.39. The third kappa shape index (κ3) is 4.34. The van der Waals surface area contributed by atoms with E-state index >= 15 is 0 Å². The van der Waals surface area contributed by atoms with Crippen molar-refractivity contribution in [3.63, 3.8) is 0 Å². The number of carbonyl (C=O) groups is 2. The number of urea groups is 1. The zero-order valence-electron chi connectivity index (χ0n) is 11.9. The van der Waals surface area contributed by atoms with Gasteiger partial charge in [0.05, 0.1) is 21.3 Å². The van der Waals surface area contributed by atoms with Gasteiger partial charge < -0.3 is 24.8 Å². The van der Waals surface area contributed by atoms with Crippen LogP contribution in [0.25, 0.3) is 0 Å². The van der Waals surface area contributed by atoms with Crippen molar-refractivity contribution in [3.8, 4) is 11.5 Å². The largest absolute Gasteiger partial charge is 0.497 e. The summed E-state index contributed by atoms with van der Waals surface area (Å²) in [5.41, 5.74) is 0.482. The van der Waals surface area contributed by atoms with Crippen molar-refractivity contribution < 1.29 is 23.8 Å². The van der Waals surface area contributed by atoms with Crippen LogP contribution in [0.2, 0.25) is 0 Å². The lowest BCUT2D eigenvalue weighted by molar-refractivity contribution is -0.142. The van der Waals surface area contributed by atoms with Crippen LogP contribution in [0, 0.1) is 0 Å². The maximum Gasteiger partial charge on any atom is 0.328 e. The van der Waals surface area contributed by atoms with Gasteiger partial charge in [-0.2, -0.15) is 0 Å². The number of ether oxygens (including phenoxy) is 3. The van der Waals surface area contributed by atoms with E-state index in [9.17, 15) is 9.59 Å². The topological polar surface area (TPSA) is 85.9 Å². The van der Waals surface area contributed by atoms with Crippen molar-refractivity contribution in [1.29, 1.82) is 0 Å². The molecule has 0 fully saturated rings. The van der Waals surface area contributed by atoms with Crippen LogP contribution >= 0.6 is 0 Å². The Morgan fingerprint density at radius 3 is 2.05 bits per heavy atom. The molecule has 20 heavy (non-hydrogen) atoms. The lowest BCUT2D eigenvalue weighted by Gasteiger charge is -2.13. The highest BCUT2D eigenvalue weighted by Gasteiger charge is 2.16. The molecule has 0 aliphatic carbocycles. The summed E-state index contributed by atoms with van der Waals surface area (Å²) in [4.78, 5) is 22.9. The third-order valence-electron chi connectivity index (χ3n) is 2.51. The highest BCUT2D eigenvalue weighted by molar-refractivity contribution is 5.92. The molecule has 1 aromatic rings. The van der Waals surface area contributed by atoms with Gasteiger partial charge in [-0.1, -0.05) is 0 Å². The van der Waals surface area contributed by atoms with Gasteiger partial charge in [-0.05, 0) is 6.92 Å². The molecule has 0 aromatic heterocycles. The van der Waals surface area contributed by atoms with Gasteiger partial charge in [0.2, 0.25) is 0 Å². The van der Waals surface area contributed by atoms with E-state index in [0.29, 0.717) is 17.2 Å². The van der Waals surface area contributed by atoms with Gasteiger partial charge >= 0.3 is 12.0 Å². The number of rotatable bonds is 5. The van der Waals surface area contributed by atoms with Gasteiger partial charge in [0.15, 0.2) is 0 Å². The number of carbonyl (C=O) groups excluding carboxylic acids is 2. The Labute approximate surface area is 117 Å². The van der Waals surface area contributed by atoms with Crippen LogP contribution in [0.3, 0.4) is 0 Å². The molecule has 0 spiro atoms. The van der Waals surface area contributed by atoms with Crippen molar-refractivity contribution in [2.75, 3.05) is 26.6 Å². The smallest absolute Gasteiger partial charge is 0.328 e. The molecule has 1 aromatic carbocycles. The second-order valence-corrected chi connectivity index (χ2v) is 3.94. The second-order valence-electron chi connectivity index (χ2n) is 3.94. The first kappa shape index (κ1) is 15.6. The van der Waals surface area contributed by atoms with E-state index in [1.807, 2.05) is 0 Å². The van der Waals surface area contributed by atoms with Crippen molar-refractivity contribution in [3.05, 3.63) is 18.2 Å². The molecule has 1 unspecified atom stereocenters. The normalized spacial score (nSPS) is 11.2. The SMILES string of the molecule is COC(=O)C(C)NC(=O)Nc1cc(OC)cc(OC)c1. The quantitative estimate of drug-likeness (QED) is 0.797. The lowest BCUT2D eigenvalue weighted by Crippen LogP contribution is -2.41. The van der Waals surface area contributed by atoms with E-state index in [4.69, 9.17) is 9.47 Å². The molecule has 0 aliphatic heterocycles. The molecule has 0 saturated carbocycles. The third-order valence-corrected chi connectivity index (χ3v) is 2.51. The molecule has 0 bridgehead atoms. The standard InChI is InChI=1S/C13H18N2O5/c1-8(12(16)20-4)14-13(17)15-9-5-10(18-2)7-11(6-9)19-3/h5-8H,1-4H3,(H2,14,15,17). The number of esters is 1. The summed E-state index contributed by atoms with van der Waals surface area (Å²) in [6.07, 6.45) is 0. The summed E-state index contributed by atoms with van der Waals surface area (Å²) in [6.45, 7) is 1.53. The average molecular weight is 282 g/mol. The first-order chi connectivity index (χ1) is 9.49. The lowest BCUT2D eigenvalue weighted by atomic mass is 10.2. The Morgan fingerprint density at radius 2 is 1.60 bits per heavy atom. The van der Waals surface area contributed by atoms with E-state index in [1.54, 1.807) is 18.2 Å². The van der Waals surface area contributed by atoms with Gasteiger partial charge in [-0.3, -0.25) is 0 Å². The number of amides is 2. The molecule has 1 rings (SSSR count). The molecule has 7 heteroatoms. The highest BCUT2D eigenvalue weighted by Crippen LogP contribution is 2.25. The first-order valence-corrected chi connectivity index (χ1v) is 5.88. The summed E-state index contributed by atoms with van der Waals surface area (Å²) in [5, 5.41) is 5.03. The summed E-state index contributed by atoms with van der Waals surface area (Å²) >= 11 is 0. The Bertz CT molecular complexity index is 467. The number of nitrogens with one attached hydrogen (secondary N) is 2. The van der Waals surface area contributed by atoms with Crippen LogP contribution in [0.15, 0.2) is 18.2 Å². The van der Waals surface area contributed by atoms with E-state index in [2.05, 4.69) is 15.4 Å². The van der Waals surface area contributed by atoms with E-state index < -0.39 is 18.0 Å². The van der Waals surface area contributed by atoms with Crippen molar-refractivity contribution in [1.82, 2.24) is 5.32 Å². The highest BCUT2D eigenvalue weighted by atomic mass is 16.5. The Kier molecular flexibility index (Phi) is 5.64. The maximum atomic E-state index is 11.7. The minimum atomic E-state index is -0.743. The zero-order chi connectivity index (χ0) is 15.1. The fourth-order valence-corrected chi connectivity index (χ4v) is 1.48. The summed E-state index contributed by atoms with van der Waals surface area (Å²) in [7, 11) is 4.28. The summed E-state index contributed by atoms with van der Waals surface area (Å²) < 4.78 is 14.7. The fraction of sp³-hybridized carbons (Fsp3) is 0.385. The predicted molar refractivity (Wildman–Crippen MR) is 73.2 cm³/mol. The number of anilines is 1. The Morgan fingerprint density at radius 1 is 1.05 bits per heavy atom. The van der Waals surface area contributed by atoms with Crippen LogP contribution in [0.4, 0.5) is 10.5 Å². The van der Waals surface area contributed by atoms with E-state index in [0.717, 1.165) is 0 Å². The van der Waals surface area contributed by atoms with Crippen molar-refractivity contribution in [2.24, 2.45) is 0 Å². The summed E-state index contributed by atoms with van der Waals surface area (Å²) in [6, 6.07) is 3.67. The zero-order valence-corrected chi connectivity index (χ0v) is 11.9. The first-order valence-electron chi connectivity index (χ1n) is 5.88. The Balaban J connectivity index is 2.72. The molecule has 0 heterocycles. The number of benzene rings is 1. The van der Waals surface area contributed by atoms with Gasteiger partial charge in [0.25, 0.3) is 0 Å². The molecular formula is C13H18N2O5. The molecule has 7 nitrogen and oxygen atoms in total. The van der Waals surface area contributed by atoms with E-state index in [1.165, 1.54) is 28.3 Å². The van der Waals surface area contributed by atoms with Crippen molar-refractivity contribution >= 4 is 17.7 Å². The molecule has 0 radical (unpaired) electrons. The second kappa shape index (κ2) is 7.22. The van der Waals surface area contributed by atoms with Gasteiger partial charge in [0.1, 0.15) is 17.5 Å². The summed E-state index contributed by atoms with van der Waals surface area (Å²) in [5.74, 6) is 0.560.